The average molecular weight is 277 g/mol. The van der Waals surface area contributed by atoms with Crippen molar-refractivity contribution >= 4 is 11.7 Å². The molecule has 0 bridgehead atoms. The molecule has 0 radical (unpaired) electrons. The third kappa shape index (κ3) is 3.46. The van der Waals surface area contributed by atoms with Crippen LogP contribution in [0.1, 0.15) is 51.4 Å². The molecule has 0 aliphatic heterocycles. The van der Waals surface area contributed by atoms with E-state index < -0.39 is 0 Å². The van der Waals surface area contributed by atoms with Gasteiger partial charge in [0.1, 0.15) is 5.84 Å². The second-order valence-electron chi connectivity index (χ2n) is 5.38. The Bertz CT molecular complexity index is 468. The summed E-state index contributed by atoms with van der Waals surface area (Å²) >= 11 is 0. The van der Waals surface area contributed by atoms with Gasteiger partial charge in [0.25, 0.3) is 0 Å². The molecule has 0 saturated heterocycles. The van der Waals surface area contributed by atoms with Crippen molar-refractivity contribution in [1.82, 2.24) is 10.2 Å². The van der Waals surface area contributed by atoms with Crippen molar-refractivity contribution in [2.24, 2.45) is 11.7 Å². The maximum Gasteiger partial charge on any atom is 0.162 e. The third-order valence-corrected chi connectivity index (χ3v) is 3.36. The minimum atomic E-state index is 0.0867. The van der Waals surface area contributed by atoms with Gasteiger partial charge >= 0.3 is 0 Å². The zero-order valence-electron chi connectivity index (χ0n) is 13.3. The van der Waals surface area contributed by atoms with Crippen molar-refractivity contribution in [2.75, 3.05) is 18.0 Å². The van der Waals surface area contributed by atoms with Crippen molar-refractivity contribution < 1.29 is 0 Å². The van der Waals surface area contributed by atoms with Crippen molar-refractivity contribution in [3.63, 3.8) is 0 Å². The second-order valence-corrected chi connectivity index (χ2v) is 5.38. The Labute approximate surface area is 122 Å². The SMILES string of the molecule is CCc1nnc(N(CC)CC(C)C)c(C(=N)N)c1CC. The molecule has 112 valence electrons. The number of aryl methyl sites for hydroxylation is 1. The highest BCUT2D eigenvalue weighted by Gasteiger charge is 2.21. The Morgan fingerprint density at radius 1 is 1.20 bits per heavy atom. The third-order valence-electron chi connectivity index (χ3n) is 3.36. The van der Waals surface area contributed by atoms with Crippen molar-refractivity contribution in [3.8, 4) is 0 Å². The Kier molecular flexibility index (Phi) is 5.92. The Morgan fingerprint density at radius 3 is 2.25 bits per heavy atom. The molecule has 20 heavy (non-hydrogen) atoms. The van der Waals surface area contributed by atoms with Crippen LogP contribution in [0.3, 0.4) is 0 Å². The molecule has 1 aromatic heterocycles. The highest BCUT2D eigenvalue weighted by atomic mass is 15.3. The highest BCUT2D eigenvalue weighted by Crippen LogP contribution is 2.24. The Balaban J connectivity index is 3.41. The van der Waals surface area contributed by atoms with Crippen molar-refractivity contribution in [1.29, 1.82) is 5.41 Å². The number of hydrogen-bond donors (Lipinski definition) is 2. The summed E-state index contributed by atoms with van der Waals surface area (Å²) in [6, 6.07) is 0. The van der Waals surface area contributed by atoms with Gasteiger partial charge in [-0.1, -0.05) is 27.7 Å². The first-order valence-corrected chi connectivity index (χ1v) is 7.43. The lowest BCUT2D eigenvalue weighted by Crippen LogP contribution is -2.32. The molecule has 0 fully saturated rings. The maximum absolute atomic E-state index is 7.93. The van der Waals surface area contributed by atoms with Crippen LogP contribution in [0.4, 0.5) is 5.82 Å². The fourth-order valence-electron chi connectivity index (χ4n) is 2.47. The molecular formula is C15H27N5. The van der Waals surface area contributed by atoms with Gasteiger partial charge in [-0.15, -0.1) is 5.10 Å². The lowest BCUT2D eigenvalue weighted by Gasteiger charge is -2.27. The van der Waals surface area contributed by atoms with Crippen LogP contribution in [0, 0.1) is 11.3 Å². The molecule has 0 saturated carbocycles. The summed E-state index contributed by atoms with van der Waals surface area (Å²) in [7, 11) is 0. The highest BCUT2D eigenvalue weighted by molar-refractivity contribution is 6.01. The zero-order chi connectivity index (χ0) is 15.3. The van der Waals surface area contributed by atoms with Crippen LogP contribution in [-0.2, 0) is 12.8 Å². The number of nitrogen functional groups attached to an aromatic ring is 1. The minimum Gasteiger partial charge on any atom is -0.384 e. The van der Waals surface area contributed by atoms with Gasteiger partial charge in [0.2, 0.25) is 0 Å². The molecule has 1 heterocycles. The van der Waals surface area contributed by atoms with Crippen molar-refractivity contribution in [3.05, 3.63) is 16.8 Å². The first-order valence-electron chi connectivity index (χ1n) is 7.43. The summed E-state index contributed by atoms with van der Waals surface area (Å²) in [5.41, 5.74) is 8.60. The molecule has 5 nitrogen and oxygen atoms in total. The van der Waals surface area contributed by atoms with Gasteiger partial charge in [-0.25, -0.2) is 0 Å². The number of anilines is 1. The normalized spacial score (nSPS) is 10.9. The monoisotopic (exact) mass is 277 g/mol. The number of aromatic nitrogens is 2. The van der Waals surface area contributed by atoms with E-state index in [0.717, 1.165) is 48.6 Å². The van der Waals surface area contributed by atoms with Gasteiger partial charge < -0.3 is 10.6 Å². The molecule has 0 unspecified atom stereocenters. The fraction of sp³-hybridized carbons (Fsp3) is 0.667. The standard InChI is InChI=1S/C15H27N5/c1-6-11-12(7-2)18-19-15(13(11)14(16)17)20(8-3)9-10(4)5/h10H,6-9H2,1-5H3,(H3,16,17). The zero-order valence-corrected chi connectivity index (χ0v) is 13.3. The van der Waals surface area contributed by atoms with Crippen LogP contribution in [0.15, 0.2) is 0 Å². The summed E-state index contributed by atoms with van der Waals surface area (Å²) in [5.74, 6) is 1.36. The Morgan fingerprint density at radius 2 is 1.85 bits per heavy atom. The molecule has 0 atom stereocenters. The summed E-state index contributed by atoms with van der Waals surface area (Å²) < 4.78 is 0. The average Bonchev–Trinajstić information content (AvgIpc) is 2.42. The first-order chi connectivity index (χ1) is 9.46. The van der Waals surface area contributed by atoms with E-state index in [-0.39, 0.29) is 5.84 Å². The van der Waals surface area contributed by atoms with Gasteiger partial charge in [0.15, 0.2) is 5.82 Å². The maximum atomic E-state index is 7.93. The van der Waals surface area contributed by atoms with Gasteiger partial charge in [0.05, 0.1) is 11.3 Å². The predicted molar refractivity (Wildman–Crippen MR) is 84.5 cm³/mol. The van der Waals surface area contributed by atoms with E-state index >= 15 is 0 Å². The second kappa shape index (κ2) is 7.22. The van der Waals surface area contributed by atoms with E-state index in [0.29, 0.717) is 5.92 Å². The van der Waals surface area contributed by atoms with Crippen LogP contribution in [0.5, 0.6) is 0 Å². The van der Waals surface area contributed by atoms with E-state index in [1.165, 1.54) is 0 Å². The van der Waals surface area contributed by atoms with Gasteiger partial charge in [-0.05, 0) is 31.2 Å². The predicted octanol–water partition coefficient (Wildman–Crippen LogP) is 2.37. The van der Waals surface area contributed by atoms with Crippen LogP contribution >= 0.6 is 0 Å². The largest absolute Gasteiger partial charge is 0.384 e. The molecule has 0 aliphatic rings. The lowest BCUT2D eigenvalue weighted by molar-refractivity contribution is 0.610. The topological polar surface area (TPSA) is 78.9 Å². The quantitative estimate of drug-likeness (QED) is 0.592. The molecule has 5 heteroatoms. The molecule has 0 aliphatic carbocycles. The van der Waals surface area contributed by atoms with Gasteiger partial charge in [-0.3, -0.25) is 5.41 Å². The van der Waals surface area contributed by atoms with Gasteiger partial charge in [-0.2, -0.15) is 5.10 Å². The van der Waals surface area contributed by atoms with E-state index in [2.05, 4.69) is 49.7 Å². The van der Waals surface area contributed by atoms with Crippen molar-refractivity contribution in [2.45, 2.75) is 47.5 Å². The number of nitrogens with one attached hydrogen (secondary N) is 1. The summed E-state index contributed by atoms with van der Waals surface area (Å²) in [5, 5.41) is 16.6. The number of amidine groups is 1. The lowest BCUT2D eigenvalue weighted by atomic mass is 10.0. The summed E-state index contributed by atoms with van der Waals surface area (Å²) in [6.07, 6.45) is 1.63. The van der Waals surface area contributed by atoms with Crippen LogP contribution in [0.2, 0.25) is 0 Å². The smallest absolute Gasteiger partial charge is 0.162 e. The number of nitrogens with zero attached hydrogens (tertiary/aromatic N) is 3. The van der Waals surface area contributed by atoms with Crippen LogP contribution in [0.25, 0.3) is 0 Å². The minimum absolute atomic E-state index is 0.0867. The fourth-order valence-corrected chi connectivity index (χ4v) is 2.47. The van der Waals surface area contributed by atoms with E-state index in [4.69, 9.17) is 11.1 Å². The molecule has 0 amide bonds. The molecule has 3 N–H and O–H groups in total. The van der Waals surface area contributed by atoms with E-state index in [1.807, 2.05) is 0 Å². The van der Waals surface area contributed by atoms with Crippen LogP contribution < -0.4 is 10.6 Å². The number of hydrogen-bond acceptors (Lipinski definition) is 4. The van der Waals surface area contributed by atoms with Gasteiger partial charge in [0, 0.05) is 13.1 Å². The molecular weight excluding hydrogens is 250 g/mol. The van der Waals surface area contributed by atoms with E-state index in [9.17, 15) is 0 Å². The Hall–Kier alpha value is -1.65. The van der Waals surface area contributed by atoms with E-state index in [1.54, 1.807) is 0 Å². The summed E-state index contributed by atoms with van der Waals surface area (Å²) in [6.45, 7) is 12.3. The molecule has 0 aromatic carbocycles. The molecule has 1 aromatic rings. The summed E-state index contributed by atoms with van der Waals surface area (Å²) in [4.78, 5) is 2.16. The first kappa shape index (κ1) is 16.4. The van der Waals surface area contributed by atoms with Crippen LogP contribution in [-0.4, -0.2) is 29.1 Å². The number of nitrogens with two attached hydrogens (primary N) is 1. The molecule has 0 spiro atoms. The molecule has 1 rings (SSSR count). The number of rotatable bonds is 7.